The average molecular weight is 232 g/mol. The monoisotopic (exact) mass is 231 g/mol. The second-order valence-corrected chi connectivity index (χ2v) is 4.41. The summed E-state index contributed by atoms with van der Waals surface area (Å²) in [4.78, 5) is 4.09. The first kappa shape index (κ1) is 11.2. The van der Waals surface area contributed by atoms with Crippen molar-refractivity contribution < 1.29 is 0 Å². The van der Waals surface area contributed by atoms with Gasteiger partial charge < -0.3 is 0 Å². The molecular weight excluding hydrogens is 218 g/mol. The number of hydrogen-bond acceptors (Lipinski definition) is 1. The van der Waals surface area contributed by atoms with E-state index < -0.39 is 0 Å². The lowest BCUT2D eigenvalue weighted by molar-refractivity contribution is 0.903. The summed E-state index contributed by atoms with van der Waals surface area (Å²) in [6.07, 6.45) is 4.44. The first-order chi connectivity index (χ1) is 7.77. The maximum absolute atomic E-state index is 6.37. The standard InChI is InChI=1S/C14H14ClN/c1-11-5-2-3-6-12(11)9-14(15)13-7-4-8-16-10-13/h2-8,10,14H,9H2,1H3. The van der Waals surface area contributed by atoms with Crippen molar-refractivity contribution in [3.05, 3.63) is 65.5 Å². The highest BCUT2D eigenvalue weighted by molar-refractivity contribution is 6.20. The molecule has 0 saturated heterocycles. The van der Waals surface area contributed by atoms with E-state index >= 15 is 0 Å². The Morgan fingerprint density at radius 1 is 1.19 bits per heavy atom. The van der Waals surface area contributed by atoms with Crippen molar-refractivity contribution in [2.75, 3.05) is 0 Å². The molecule has 0 aliphatic rings. The van der Waals surface area contributed by atoms with Crippen molar-refractivity contribution in [2.45, 2.75) is 18.7 Å². The predicted octanol–water partition coefficient (Wildman–Crippen LogP) is 3.91. The van der Waals surface area contributed by atoms with Gasteiger partial charge in [0.25, 0.3) is 0 Å². The third-order valence-corrected chi connectivity index (χ3v) is 3.11. The molecule has 82 valence electrons. The van der Waals surface area contributed by atoms with Crippen LogP contribution in [-0.2, 0) is 6.42 Å². The second kappa shape index (κ2) is 5.13. The number of aryl methyl sites for hydroxylation is 1. The molecule has 1 nitrogen and oxygen atoms in total. The maximum atomic E-state index is 6.37. The number of aromatic nitrogens is 1. The van der Waals surface area contributed by atoms with Crippen LogP contribution in [0.4, 0.5) is 0 Å². The first-order valence-electron chi connectivity index (χ1n) is 5.36. The highest BCUT2D eigenvalue weighted by Crippen LogP contribution is 2.25. The summed E-state index contributed by atoms with van der Waals surface area (Å²) in [5.41, 5.74) is 3.66. The normalized spacial score (nSPS) is 12.4. The van der Waals surface area contributed by atoms with Crippen molar-refractivity contribution >= 4 is 11.6 Å². The van der Waals surface area contributed by atoms with E-state index in [1.807, 2.05) is 24.4 Å². The molecule has 16 heavy (non-hydrogen) atoms. The average Bonchev–Trinajstić information content (AvgIpc) is 2.33. The highest BCUT2D eigenvalue weighted by Gasteiger charge is 2.09. The van der Waals surface area contributed by atoms with Crippen molar-refractivity contribution in [1.82, 2.24) is 4.98 Å². The molecule has 1 aromatic carbocycles. The van der Waals surface area contributed by atoms with Gasteiger partial charge in [-0.1, -0.05) is 30.3 Å². The minimum atomic E-state index is -0.00481. The van der Waals surface area contributed by atoms with Crippen LogP contribution in [0.5, 0.6) is 0 Å². The van der Waals surface area contributed by atoms with Crippen molar-refractivity contribution in [1.29, 1.82) is 0 Å². The fraction of sp³-hybridized carbons (Fsp3) is 0.214. The third-order valence-electron chi connectivity index (χ3n) is 2.71. The van der Waals surface area contributed by atoms with Crippen LogP contribution >= 0.6 is 11.6 Å². The minimum Gasteiger partial charge on any atom is -0.264 e. The van der Waals surface area contributed by atoms with Gasteiger partial charge in [-0.25, -0.2) is 0 Å². The summed E-state index contributed by atoms with van der Waals surface area (Å²) in [5, 5.41) is -0.00481. The topological polar surface area (TPSA) is 12.9 Å². The van der Waals surface area contributed by atoms with Gasteiger partial charge in [0.2, 0.25) is 0 Å². The summed E-state index contributed by atoms with van der Waals surface area (Å²) >= 11 is 6.37. The molecule has 1 unspecified atom stereocenters. The molecule has 1 atom stereocenters. The van der Waals surface area contributed by atoms with E-state index in [-0.39, 0.29) is 5.38 Å². The zero-order valence-electron chi connectivity index (χ0n) is 9.23. The molecule has 0 amide bonds. The first-order valence-corrected chi connectivity index (χ1v) is 5.79. The SMILES string of the molecule is Cc1ccccc1CC(Cl)c1cccnc1. The molecule has 1 heterocycles. The van der Waals surface area contributed by atoms with Crippen molar-refractivity contribution in [3.8, 4) is 0 Å². The molecule has 2 heteroatoms. The summed E-state index contributed by atoms with van der Waals surface area (Å²) in [7, 11) is 0. The number of pyridine rings is 1. The Morgan fingerprint density at radius 2 is 2.00 bits per heavy atom. The van der Waals surface area contributed by atoms with Crippen LogP contribution in [0.25, 0.3) is 0 Å². The molecule has 0 N–H and O–H groups in total. The van der Waals surface area contributed by atoms with E-state index in [1.165, 1.54) is 11.1 Å². The minimum absolute atomic E-state index is 0.00481. The lowest BCUT2D eigenvalue weighted by atomic mass is 10.0. The van der Waals surface area contributed by atoms with Gasteiger partial charge in [-0.2, -0.15) is 0 Å². The number of rotatable bonds is 3. The van der Waals surface area contributed by atoms with Gasteiger partial charge in [-0.15, -0.1) is 11.6 Å². The molecule has 2 rings (SSSR count). The van der Waals surface area contributed by atoms with Crippen LogP contribution in [0.15, 0.2) is 48.8 Å². The van der Waals surface area contributed by atoms with Gasteiger partial charge in [-0.05, 0) is 36.1 Å². The van der Waals surface area contributed by atoms with Gasteiger partial charge in [0.05, 0.1) is 5.38 Å². The van der Waals surface area contributed by atoms with Gasteiger partial charge in [-0.3, -0.25) is 4.98 Å². The summed E-state index contributed by atoms with van der Waals surface area (Å²) in [5.74, 6) is 0. The summed E-state index contributed by atoms with van der Waals surface area (Å²) in [6, 6.07) is 12.3. The van der Waals surface area contributed by atoms with Crippen molar-refractivity contribution in [2.24, 2.45) is 0 Å². The van der Waals surface area contributed by atoms with E-state index in [9.17, 15) is 0 Å². The quantitative estimate of drug-likeness (QED) is 0.730. The van der Waals surface area contributed by atoms with Crippen LogP contribution < -0.4 is 0 Å². The number of nitrogens with zero attached hydrogens (tertiary/aromatic N) is 1. The molecule has 2 aromatic rings. The summed E-state index contributed by atoms with van der Waals surface area (Å²) in [6.45, 7) is 2.11. The largest absolute Gasteiger partial charge is 0.264 e. The Kier molecular flexibility index (Phi) is 3.58. The fourth-order valence-corrected chi connectivity index (χ4v) is 2.01. The Balaban J connectivity index is 2.14. The van der Waals surface area contributed by atoms with E-state index in [0.29, 0.717) is 0 Å². The van der Waals surface area contributed by atoms with Gasteiger partial charge in [0, 0.05) is 12.4 Å². The Labute approximate surface area is 101 Å². The Morgan fingerprint density at radius 3 is 2.69 bits per heavy atom. The van der Waals surface area contributed by atoms with Crippen LogP contribution in [0, 0.1) is 6.92 Å². The van der Waals surface area contributed by atoms with E-state index in [1.54, 1.807) is 6.20 Å². The molecule has 0 fully saturated rings. The Hall–Kier alpha value is -1.34. The van der Waals surface area contributed by atoms with E-state index in [4.69, 9.17) is 11.6 Å². The molecule has 0 bridgehead atoms. The smallest absolute Gasteiger partial charge is 0.0640 e. The fourth-order valence-electron chi connectivity index (χ4n) is 1.71. The number of hydrogen-bond donors (Lipinski definition) is 0. The van der Waals surface area contributed by atoms with Gasteiger partial charge in [0.1, 0.15) is 0 Å². The molecule has 1 aromatic heterocycles. The molecule has 0 spiro atoms. The van der Waals surface area contributed by atoms with E-state index in [0.717, 1.165) is 12.0 Å². The molecule has 0 radical (unpaired) electrons. The lowest BCUT2D eigenvalue weighted by Crippen LogP contribution is -1.98. The zero-order valence-corrected chi connectivity index (χ0v) is 9.98. The maximum Gasteiger partial charge on any atom is 0.0640 e. The predicted molar refractivity (Wildman–Crippen MR) is 67.7 cm³/mol. The Bertz CT molecular complexity index is 453. The van der Waals surface area contributed by atoms with Gasteiger partial charge in [0.15, 0.2) is 0 Å². The van der Waals surface area contributed by atoms with Crippen LogP contribution in [0.3, 0.4) is 0 Å². The molecule has 0 aliphatic carbocycles. The number of alkyl halides is 1. The molecular formula is C14H14ClN. The number of benzene rings is 1. The molecule has 0 saturated carbocycles. The molecule has 0 aliphatic heterocycles. The van der Waals surface area contributed by atoms with E-state index in [2.05, 4.69) is 30.1 Å². The number of halogens is 1. The summed E-state index contributed by atoms with van der Waals surface area (Å²) < 4.78 is 0. The van der Waals surface area contributed by atoms with Crippen LogP contribution in [-0.4, -0.2) is 4.98 Å². The van der Waals surface area contributed by atoms with Gasteiger partial charge >= 0.3 is 0 Å². The third kappa shape index (κ3) is 2.61. The van der Waals surface area contributed by atoms with Crippen molar-refractivity contribution in [3.63, 3.8) is 0 Å². The second-order valence-electron chi connectivity index (χ2n) is 3.88. The zero-order chi connectivity index (χ0) is 11.4. The lowest BCUT2D eigenvalue weighted by Gasteiger charge is -2.11. The van der Waals surface area contributed by atoms with Crippen LogP contribution in [0.2, 0.25) is 0 Å². The van der Waals surface area contributed by atoms with Crippen LogP contribution in [0.1, 0.15) is 22.1 Å². The highest BCUT2D eigenvalue weighted by atomic mass is 35.5.